The number of carbonyl (C=O) groups is 1. The number of hydrogen-bond acceptors (Lipinski definition) is 4. The number of anilines is 1. The highest BCUT2D eigenvalue weighted by Crippen LogP contribution is 2.30. The average molecular weight is 388 g/mol. The molecule has 0 fully saturated rings. The number of aromatic nitrogens is 2. The zero-order chi connectivity index (χ0) is 20.8. The Balaban J connectivity index is 1.85. The highest BCUT2D eigenvalue weighted by molar-refractivity contribution is 5.89. The number of ether oxygens (including phenoxy) is 1. The van der Waals surface area contributed by atoms with Crippen molar-refractivity contribution in [2.75, 3.05) is 19.0 Å². The van der Waals surface area contributed by atoms with Gasteiger partial charge in [-0.2, -0.15) is 0 Å². The van der Waals surface area contributed by atoms with Crippen molar-refractivity contribution in [3.63, 3.8) is 0 Å². The minimum Gasteiger partial charge on any atom is -0.478 e. The lowest BCUT2D eigenvalue weighted by Gasteiger charge is -2.23. The summed E-state index contributed by atoms with van der Waals surface area (Å²) in [6, 6.07) is 18.0. The molecule has 0 unspecified atom stereocenters. The Kier molecular flexibility index (Phi) is 4.42. The Morgan fingerprint density at radius 1 is 1.07 bits per heavy atom. The number of carbonyl (C=O) groups excluding carboxylic acids is 1. The van der Waals surface area contributed by atoms with Crippen LogP contribution in [0.2, 0.25) is 0 Å². The van der Waals surface area contributed by atoms with Crippen LogP contribution in [0.3, 0.4) is 0 Å². The first kappa shape index (κ1) is 18.8. The van der Waals surface area contributed by atoms with E-state index in [0.29, 0.717) is 5.75 Å². The van der Waals surface area contributed by atoms with Gasteiger partial charge in [0, 0.05) is 37.6 Å². The molecule has 0 spiro atoms. The molecule has 2 heterocycles. The summed E-state index contributed by atoms with van der Waals surface area (Å²) in [6.07, 6.45) is 2.02. The quantitative estimate of drug-likeness (QED) is 0.563. The van der Waals surface area contributed by atoms with Crippen LogP contribution in [0.4, 0.5) is 5.69 Å². The third-order valence-electron chi connectivity index (χ3n) is 5.05. The van der Waals surface area contributed by atoms with Crippen molar-refractivity contribution in [2.24, 2.45) is 5.73 Å². The van der Waals surface area contributed by atoms with Crippen LogP contribution in [-0.4, -0.2) is 35.0 Å². The summed E-state index contributed by atoms with van der Waals surface area (Å²) >= 11 is 0. The van der Waals surface area contributed by atoms with Crippen LogP contribution in [0.25, 0.3) is 27.8 Å². The molecule has 148 valence electrons. The van der Waals surface area contributed by atoms with Gasteiger partial charge in [0.25, 0.3) is 5.91 Å². The van der Waals surface area contributed by atoms with Crippen LogP contribution >= 0.6 is 0 Å². The summed E-state index contributed by atoms with van der Waals surface area (Å²) < 4.78 is 7.93. The predicted octanol–water partition coefficient (Wildman–Crippen LogP) is 3.86. The number of nitrogens with two attached hydrogens (primary N) is 1. The first-order chi connectivity index (χ1) is 13.8. The second-order valence-corrected chi connectivity index (χ2v) is 7.79. The van der Waals surface area contributed by atoms with Crippen LogP contribution in [0.1, 0.15) is 13.8 Å². The van der Waals surface area contributed by atoms with Gasteiger partial charge in [-0.25, -0.2) is 4.98 Å². The number of benzene rings is 2. The average Bonchev–Trinajstić information content (AvgIpc) is 3.17. The van der Waals surface area contributed by atoms with Crippen LogP contribution in [0, 0.1) is 0 Å². The van der Waals surface area contributed by atoms with Crippen molar-refractivity contribution < 1.29 is 9.53 Å². The number of nitrogens with zero attached hydrogens (tertiary/aromatic N) is 3. The molecule has 0 saturated carbocycles. The second-order valence-electron chi connectivity index (χ2n) is 7.79. The lowest BCUT2D eigenvalue weighted by molar-refractivity contribution is -0.130. The third-order valence-corrected chi connectivity index (χ3v) is 5.05. The van der Waals surface area contributed by atoms with Crippen molar-refractivity contribution in [3.05, 3.63) is 60.8 Å². The smallest absolute Gasteiger partial charge is 0.261 e. The maximum atomic E-state index is 11.6. The highest BCUT2D eigenvalue weighted by atomic mass is 16.5. The molecule has 29 heavy (non-hydrogen) atoms. The Morgan fingerprint density at radius 3 is 2.45 bits per heavy atom. The fourth-order valence-corrected chi connectivity index (χ4v) is 3.30. The number of amides is 1. The largest absolute Gasteiger partial charge is 0.478 e. The predicted molar refractivity (Wildman–Crippen MR) is 116 cm³/mol. The molecule has 1 amide bonds. The fourth-order valence-electron chi connectivity index (χ4n) is 3.30. The van der Waals surface area contributed by atoms with Crippen molar-refractivity contribution in [2.45, 2.75) is 19.4 Å². The number of rotatable bonds is 5. The van der Waals surface area contributed by atoms with Crippen LogP contribution in [0.5, 0.6) is 5.75 Å². The molecule has 2 aromatic carbocycles. The molecule has 2 N–H and O–H groups in total. The van der Waals surface area contributed by atoms with Crippen molar-refractivity contribution in [1.82, 2.24) is 9.38 Å². The maximum Gasteiger partial charge on any atom is 0.261 e. The van der Waals surface area contributed by atoms with Gasteiger partial charge in [0.2, 0.25) is 0 Å². The van der Waals surface area contributed by atoms with Gasteiger partial charge in [0.1, 0.15) is 5.75 Å². The summed E-state index contributed by atoms with van der Waals surface area (Å²) in [4.78, 5) is 18.6. The summed E-state index contributed by atoms with van der Waals surface area (Å²) in [5.41, 5.74) is 10.2. The first-order valence-corrected chi connectivity index (χ1v) is 9.44. The van der Waals surface area contributed by atoms with Gasteiger partial charge in [-0.3, -0.25) is 4.79 Å². The van der Waals surface area contributed by atoms with Gasteiger partial charge < -0.3 is 19.8 Å². The third kappa shape index (κ3) is 3.38. The Hall–Kier alpha value is -3.54. The molecule has 6 nitrogen and oxygen atoms in total. The van der Waals surface area contributed by atoms with Crippen molar-refractivity contribution >= 4 is 28.1 Å². The lowest BCUT2D eigenvalue weighted by atomic mass is 10.1. The van der Waals surface area contributed by atoms with Gasteiger partial charge in [0.15, 0.2) is 5.60 Å². The van der Waals surface area contributed by atoms with Gasteiger partial charge in [-0.15, -0.1) is 0 Å². The fraction of sp³-hybridized carbons (Fsp3) is 0.217. The van der Waals surface area contributed by atoms with E-state index in [9.17, 15) is 4.79 Å². The van der Waals surface area contributed by atoms with E-state index >= 15 is 0 Å². The molecular weight excluding hydrogens is 364 g/mol. The summed E-state index contributed by atoms with van der Waals surface area (Å²) in [5.74, 6) is 0.0299. The zero-order valence-electron chi connectivity index (χ0n) is 17.0. The molecule has 0 aliphatic heterocycles. The topological polar surface area (TPSA) is 72.9 Å². The number of primary amides is 1. The molecule has 0 aliphatic carbocycles. The Morgan fingerprint density at radius 2 is 1.79 bits per heavy atom. The van der Waals surface area contributed by atoms with Crippen molar-refractivity contribution in [1.29, 1.82) is 0 Å². The van der Waals surface area contributed by atoms with Crippen LogP contribution < -0.4 is 15.4 Å². The zero-order valence-corrected chi connectivity index (χ0v) is 17.0. The Labute approximate surface area is 169 Å². The monoisotopic (exact) mass is 388 g/mol. The molecule has 6 heteroatoms. The van der Waals surface area contributed by atoms with E-state index in [-0.39, 0.29) is 0 Å². The van der Waals surface area contributed by atoms with Gasteiger partial charge >= 0.3 is 0 Å². The SMILES string of the molecule is CN(C)c1ccc(-c2nc3cc(OC(C)(C)C(N)=O)ccc3n3cccc23)cc1. The maximum absolute atomic E-state index is 11.6. The summed E-state index contributed by atoms with van der Waals surface area (Å²) in [5, 5.41) is 0. The lowest BCUT2D eigenvalue weighted by Crippen LogP contribution is -2.43. The molecule has 0 bridgehead atoms. The van der Waals surface area contributed by atoms with Crippen molar-refractivity contribution in [3.8, 4) is 17.0 Å². The molecule has 0 atom stereocenters. The van der Waals surface area contributed by atoms with Gasteiger partial charge in [0.05, 0.1) is 22.2 Å². The number of hydrogen-bond donors (Lipinski definition) is 1. The van der Waals surface area contributed by atoms with E-state index in [4.69, 9.17) is 15.5 Å². The van der Waals surface area contributed by atoms with Gasteiger partial charge in [-0.1, -0.05) is 12.1 Å². The number of fused-ring (bicyclic) bond motifs is 3. The van der Waals surface area contributed by atoms with E-state index in [0.717, 1.165) is 33.5 Å². The Bertz CT molecular complexity index is 1210. The summed E-state index contributed by atoms with van der Waals surface area (Å²) in [6.45, 7) is 3.31. The van der Waals surface area contributed by atoms with Crippen LogP contribution in [0.15, 0.2) is 60.8 Å². The molecule has 4 rings (SSSR count). The standard InChI is InChI=1S/C23H24N4O2/c1-23(2,22(24)28)29-17-11-12-19-18(14-17)25-21(20-6-5-13-27(19)20)15-7-9-16(10-8-15)26(3)4/h5-14H,1-4H3,(H2,24,28). The van der Waals surface area contributed by atoms with E-state index < -0.39 is 11.5 Å². The summed E-state index contributed by atoms with van der Waals surface area (Å²) in [7, 11) is 4.03. The van der Waals surface area contributed by atoms with E-state index in [1.807, 2.05) is 44.6 Å². The molecule has 4 aromatic rings. The second kappa shape index (κ2) is 6.81. The normalized spacial score (nSPS) is 11.7. The molecule has 0 saturated heterocycles. The van der Waals surface area contributed by atoms with E-state index in [1.165, 1.54) is 0 Å². The molecule has 0 aliphatic rings. The minimum absolute atomic E-state index is 0.520. The van der Waals surface area contributed by atoms with Gasteiger partial charge in [-0.05, 0) is 50.2 Å². The van der Waals surface area contributed by atoms with E-state index in [2.05, 4.69) is 39.6 Å². The first-order valence-electron chi connectivity index (χ1n) is 9.44. The molecular formula is C23H24N4O2. The molecule has 0 radical (unpaired) electrons. The molecule has 2 aromatic heterocycles. The van der Waals surface area contributed by atoms with E-state index in [1.54, 1.807) is 13.8 Å². The minimum atomic E-state index is -1.10. The highest BCUT2D eigenvalue weighted by Gasteiger charge is 2.27. The van der Waals surface area contributed by atoms with Crippen LogP contribution in [-0.2, 0) is 4.79 Å².